The molecule has 0 spiro atoms. The molecule has 0 unspecified atom stereocenters. The van der Waals surface area contributed by atoms with Crippen LogP contribution in [0.25, 0.3) is 0 Å². The van der Waals surface area contributed by atoms with Crippen LogP contribution in [0.15, 0.2) is 66.1 Å². The molecule has 1 aliphatic rings. The highest BCUT2D eigenvalue weighted by atomic mass is 32.2. The number of H-pyrrole nitrogens is 1. The number of benzene rings is 2. The molecule has 4 rings (SSSR count). The Balaban J connectivity index is 1.26. The molecule has 3 aromatic rings. The third-order valence-corrected chi connectivity index (χ3v) is 6.07. The number of nitrogens with zero attached hydrogens (tertiary/aromatic N) is 3. The normalized spacial score (nSPS) is 14.5. The van der Waals surface area contributed by atoms with Gasteiger partial charge < -0.3 is 10.2 Å². The number of thioether (sulfide) groups is 1. The molecule has 0 atom stereocenters. The summed E-state index contributed by atoms with van der Waals surface area (Å²) < 4.78 is 0. The van der Waals surface area contributed by atoms with E-state index in [1.54, 1.807) is 11.8 Å². The van der Waals surface area contributed by atoms with E-state index in [1.165, 1.54) is 6.33 Å². The Morgan fingerprint density at radius 2 is 1.77 bits per heavy atom. The van der Waals surface area contributed by atoms with E-state index in [-0.39, 0.29) is 17.9 Å². The fourth-order valence-electron chi connectivity index (χ4n) is 3.43. The molecule has 0 bridgehead atoms. The number of piperidine rings is 1. The predicted octanol–water partition coefficient (Wildman–Crippen LogP) is 3.13. The van der Waals surface area contributed by atoms with Crippen molar-refractivity contribution in [3.63, 3.8) is 0 Å². The van der Waals surface area contributed by atoms with Crippen molar-refractivity contribution in [2.75, 3.05) is 13.1 Å². The predicted molar refractivity (Wildman–Crippen MR) is 115 cm³/mol. The summed E-state index contributed by atoms with van der Waals surface area (Å²) in [6.07, 6.45) is 3.01. The largest absolute Gasteiger partial charge is 0.349 e. The summed E-state index contributed by atoms with van der Waals surface area (Å²) in [4.78, 5) is 31.1. The first-order chi connectivity index (χ1) is 14.7. The van der Waals surface area contributed by atoms with Crippen LogP contribution in [-0.4, -0.2) is 51.0 Å². The summed E-state index contributed by atoms with van der Waals surface area (Å²) in [6.45, 7) is 1.28. The van der Waals surface area contributed by atoms with Crippen LogP contribution in [0.5, 0.6) is 0 Å². The van der Waals surface area contributed by atoms with Crippen LogP contribution < -0.4 is 5.32 Å². The Labute approximate surface area is 179 Å². The van der Waals surface area contributed by atoms with Gasteiger partial charge in [-0.15, -0.1) is 0 Å². The number of carbonyl (C=O) groups is 2. The van der Waals surface area contributed by atoms with Gasteiger partial charge in [0.2, 0.25) is 0 Å². The van der Waals surface area contributed by atoms with Crippen LogP contribution in [0, 0.1) is 0 Å². The van der Waals surface area contributed by atoms with Crippen molar-refractivity contribution in [1.82, 2.24) is 25.4 Å². The minimum Gasteiger partial charge on any atom is -0.349 e. The molecule has 1 saturated heterocycles. The fourth-order valence-corrected chi connectivity index (χ4v) is 4.16. The molecule has 2 amide bonds. The van der Waals surface area contributed by atoms with E-state index in [9.17, 15) is 9.59 Å². The van der Waals surface area contributed by atoms with Crippen molar-refractivity contribution < 1.29 is 9.59 Å². The van der Waals surface area contributed by atoms with E-state index < -0.39 is 0 Å². The lowest BCUT2D eigenvalue weighted by molar-refractivity contribution is 0.0698. The topological polar surface area (TPSA) is 91.0 Å². The Bertz CT molecular complexity index is 969. The number of aromatic amines is 1. The lowest BCUT2D eigenvalue weighted by Gasteiger charge is -2.32. The number of amides is 2. The van der Waals surface area contributed by atoms with Gasteiger partial charge >= 0.3 is 0 Å². The SMILES string of the molecule is O=C(NC1CCN(C(=O)c2ccc(CSc3ncn[nH]3)cc2)CC1)c1ccccc1. The molecule has 1 fully saturated rings. The highest BCUT2D eigenvalue weighted by Crippen LogP contribution is 2.20. The van der Waals surface area contributed by atoms with Crippen molar-refractivity contribution in [3.8, 4) is 0 Å². The van der Waals surface area contributed by atoms with Crippen LogP contribution in [0.2, 0.25) is 0 Å². The molecule has 8 heteroatoms. The first kappa shape index (κ1) is 20.2. The Hall–Kier alpha value is -3.13. The number of hydrogen-bond acceptors (Lipinski definition) is 5. The Morgan fingerprint density at radius 1 is 1.03 bits per heavy atom. The van der Waals surface area contributed by atoms with Crippen molar-refractivity contribution >= 4 is 23.6 Å². The molecule has 0 saturated carbocycles. The Kier molecular flexibility index (Phi) is 6.44. The zero-order valence-electron chi connectivity index (χ0n) is 16.5. The Morgan fingerprint density at radius 3 is 2.43 bits per heavy atom. The summed E-state index contributed by atoms with van der Waals surface area (Å²) in [7, 11) is 0. The van der Waals surface area contributed by atoms with E-state index >= 15 is 0 Å². The second-order valence-corrected chi connectivity index (χ2v) is 8.15. The fraction of sp³-hybridized carbons (Fsp3) is 0.273. The van der Waals surface area contributed by atoms with Crippen LogP contribution in [0.4, 0.5) is 0 Å². The average molecular weight is 422 g/mol. The van der Waals surface area contributed by atoms with E-state index in [0.29, 0.717) is 24.2 Å². The molecule has 2 heterocycles. The van der Waals surface area contributed by atoms with Gasteiger partial charge in [0.15, 0.2) is 5.16 Å². The van der Waals surface area contributed by atoms with E-state index in [1.807, 2.05) is 59.5 Å². The molecular weight excluding hydrogens is 398 g/mol. The monoisotopic (exact) mass is 421 g/mol. The molecular formula is C22H23N5O2S. The van der Waals surface area contributed by atoms with Gasteiger partial charge in [-0.25, -0.2) is 4.98 Å². The lowest BCUT2D eigenvalue weighted by Crippen LogP contribution is -2.46. The highest BCUT2D eigenvalue weighted by Gasteiger charge is 2.24. The van der Waals surface area contributed by atoms with Crippen LogP contribution in [0.1, 0.15) is 39.1 Å². The zero-order valence-corrected chi connectivity index (χ0v) is 17.3. The number of nitrogens with one attached hydrogen (secondary N) is 2. The molecule has 1 aromatic heterocycles. The second-order valence-electron chi connectivity index (χ2n) is 7.18. The van der Waals surface area contributed by atoms with Gasteiger partial charge in [-0.05, 0) is 42.7 Å². The lowest BCUT2D eigenvalue weighted by atomic mass is 10.0. The summed E-state index contributed by atoms with van der Waals surface area (Å²) in [5.74, 6) is 0.743. The summed E-state index contributed by atoms with van der Waals surface area (Å²) in [5, 5.41) is 10.5. The van der Waals surface area contributed by atoms with Crippen LogP contribution in [0.3, 0.4) is 0 Å². The van der Waals surface area contributed by atoms with Gasteiger partial charge in [-0.3, -0.25) is 14.7 Å². The van der Waals surface area contributed by atoms with Crippen molar-refractivity contribution in [2.24, 2.45) is 0 Å². The molecule has 0 aliphatic carbocycles. The van der Waals surface area contributed by atoms with E-state index in [2.05, 4.69) is 20.5 Å². The molecule has 30 heavy (non-hydrogen) atoms. The molecule has 2 aromatic carbocycles. The van der Waals surface area contributed by atoms with Crippen molar-refractivity contribution in [3.05, 3.63) is 77.6 Å². The minimum atomic E-state index is -0.0563. The molecule has 1 aliphatic heterocycles. The van der Waals surface area contributed by atoms with Gasteiger partial charge in [0.05, 0.1) is 0 Å². The summed E-state index contributed by atoms with van der Waals surface area (Å²) in [6, 6.07) is 17.0. The highest BCUT2D eigenvalue weighted by molar-refractivity contribution is 7.98. The molecule has 0 radical (unpaired) electrons. The van der Waals surface area contributed by atoms with Gasteiger partial charge in [-0.2, -0.15) is 5.10 Å². The van der Waals surface area contributed by atoms with Gasteiger partial charge in [0.25, 0.3) is 11.8 Å². The number of hydrogen-bond donors (Lipinski definition) is 2. The van der Waals surface area contributed by atoms with Crippen LogP contribution in [-0.2, 0) is 5.75 Å². The van der Waals surface area contributed by atoms with E-state index in [4.69, 9.17) is 0 Å². The van der Waals surface area contributed by atoms with Crippen molar-refractivity contribution in [2.45, 2.75) is 29.8 Å². The quantitative estimate of drug-likeness (QED) is 0.597. The number of aromatic nitrogens is 3. The molecule has 154 valence electrons. The van der Waals surface area contributed by atoms with Gasteiger partial charge in [0.1, 0.15) is 6.33 Å². The maximum Gasteiger partial charge on any atom is 0.253 e. The van der Waals surface area contributed by atoms with Gasteiger partial charge in [0, 0.05) is 36.0 Å². The van der Waals surface area contributed by atoms with Crippen molar-refractivity contribution in [1.29, 1.82) is 0 Å². The molecule has 7 nitrogen and oxygen atoms in total. The average Bonchev–Trinajstić information content (AvgIpc) is 3.32. The maximum atomic E-state index is 12.8. The van der Waals surface area contributed by atoms with Gasteiger partial charge in [-0.1, -0.05) is 42.1 Å². The summed E-state index contributed by atoms with van der Waals surface area (Å²) >= 11 is 1.57. The summed E-state index contributed by atoms with van der Waals surface area (Å²) in [5.41, 5.74) is 2.48. The standard InChI is InChI=1S/C22H23N5O2S/c28-20(17-4-2-1-3-5-17)25-19-10-12-27(13-11-19)21(29)18-8-6-16(7-9-18)14-30-22-23-15-24-26-22/h1-9,15,19H,10-14H2,(H,25,28)(H,23,24,26). The zero-order chi connectivity index (χ0) is 20.8. The van der Waals surface area contributed by atoms with Crippen LogP contribution >= 0.6 is 11.8 Å². The third-order valence-electron chi connectivity index (χ3n) is 5.12. The first-order valence-electron chi connectivity index (χ1n) is 9.91. The smallest absolute Gasteiger partial charge is 0.253 e. The maximum absolute atomic E-state index is 12.8. The third kappa shape index (κ3) is 5.07. The first-order valence-corrected chi connectivity index (χ1v) is 10.9. The van der Waals surface area contributed by atoms with E-state index in [0.717, 1.165) is 29.3 Å². The second kappa shape index (κ2) is 9.58. The number of carbonyl (C=O) groups excluding carboxylic acids is 2. The number of likely N-dealkylation sites (tertiary alicyclic amines) is 1. The number of rotatable bonds is 6. The molecule has 2 N–H and O–H groups in total. The minimum absolute atomic E-state index is 0.0391.